The highest BCUT2D eigenvalue weighted by Crippen LogP contribution is 2.33. The summed E-state index contributed by atoms with van der Waals surface area (Å²) in [4.78, 5) is 39.8. The summed E-state index contributed by atoms with van der Waals surface area (Å²) < 4.78 is 27.7. The molecule has 0 aliphatic rings. The first kappa shape index (κ1) is 30.9. The zero-order valence-corrected chi connectivity index (χ0v) is 24.5. The maximum absolute atomic E-state index is 13.7. The van der Waals surface area contributed by atoms with Crippen LogP contribution < -0.4 is 21.8 Å². The van der Waals surface area contributed by atoms with Gasteiger partial charge in [0, 0.05) is 28.9 Å². The molecule has 0 aliphatic carbocycles. The fraction of sp³-hybridized carbons (Fsp3) is 0.161. The Balaban J connectivity index is 1.84. The largest absolute Gasteiger partial charge is 0.384 e. The van der Waals surface area contributed by atoms with Crippen molar-refractivity contribution in [1.82, 2.24) is 10.8 Å². The molecule has 12 heteroatoms. The molecular weight excluding hydrogens is 570 g/mol. The van der Waals surface area contributed by atoms with Gasteiger partial charge in [-0.25, -0.2) is 5.48 Å². The van der Waals surface area contributed by atoms with Crippen LogP contribution in [-0.4, -0.2) is 44.8 Å². The van der Waals surface area contributed by atoms with E-state index >= 15 is 0 Å². The van der Waals surface area contributed by atoms with Crippen molar-refractivity contribution >= 4 is 50.1 Å². The Kier molecular flexibility index (Phi) is 9.22. The third kappa shape index (κ3) is 7.82. The van der Waals surface area contributed by atoms with Gasteiger partial charge in [-0.1, -0.05) is 44.2 Å². The number of fused-ring (bicyclic) bond motifs is 1. The molecule has 43 heavy (non-hydrogen) atoms. The van der Waals surface area contributed by atoms with E-state index in [1.54, 1.807) is 36.4 Å². The Morgan fingerprint density at radius 2 is 1.42 bits per heavy atom. The van der Waals surface area contributed by atoms with Crippen LogP contribution >= 0.6 is 0 Å². The zero-order valence-electron chi connectivity index (χ0n) is 23.7. The summed E-state index contributed by atoms with van der Waals surface area (Å²) in [5.41, 5.74) is 9.30. The van der Waals surface area contributed by atoms with E-state index in [1.807, 2.05) is 43.6 Å². The van der Waals surface area contributed by atoms with E-state index in [0.717, 1.165) is 17.0 Å². The maximum atomic E-state index is 13.7. The molecule has 0 fully saturated rings. The average molecular weight is 602 g/mol. The van der Waals surface area contributed by atoms with Crippen molar-refractivity contribution in [2.45, 2.75) is 13.8 Å². The number of hydrogen-bond acceptors (Lipinski definition) is 7. The van der Waals surface area contributed by atoms with Crippen molar-refractivity contribution < 1.29 is 27.1 Å². The van der Waals surface area contributed by atoms with Gasteiger partial charge in [0.05, 0.1) is 11.8 Å². The minimum absolute atomic E-state index is 0.0870. The lowest BCUT2D eigenvalue weighted by molar-refractivity contribution is 0.0773. The van der Waals surface area contributed by atoms with Crippen LogP contribution in [0.3, 0.4) is 0 Å². The summed E-state index contributed by atoms with van der Waals surface area (Å²) in [6.07, 6.45) is 0.776. The molecule has 3 amide bonds. The van der Waals surface area contributed by atoms with Crippen molar-refractivity contribution in [2.24, 2.45) is 11.7 Å². The zero-order chi connectivity index (χ0) is 31.3. The van der Waals surface area contributed by atoms with Crippen LogP contribution in [0.25, 0.3) is 21.9 Å². The number of nitrogen functional groups attached to an aromatic ring is 1. The lowest BCUT2D eigenvalue weighted by Crippen LogP contribution is -2.29. The van der Waals surface area contributed by atoms with E-state index in [0.29, 0.717) is 23.4 Å². The summed E-state index contributed by atoms with van der Waals surface area (Å²) in [6, 6.07) is 21.6. The maximum Gasteiger partial charge on any atom is 0.285 e. The molecule has 4 aromatic rings. The average Bonchev–Trinajstić information content (AvgIpc) is 2.97. The normalized spacial score (nSPS) is 11.3. The third-order valence-corrected chi connectivity index (χ3v) is 6.74. The molecule has 0 saturated heterocycles. The molecule has 0 aromatic heterocycles. The Hall–Kier alpha value is -5.07. The van der Waals surface area contributed by atoms with E-state index in [4.69, 9.17) is 11.1 Å². The van der Waals surface area contributed by atoms with E-state index < -0.39 is 27.8 Å². The van der Waals surface area contributed by atoms with Crippen molar-refractivity contribution in [1.29, 1.82) is 5.41 Å². The number of amides is 3. The summed E-state index contributed by atoms with van der Waals surface area (Å²) in [5.74, 6) is -1.77. The number of carbonyl (C=O) groups is 3. The number of amidine groups is 1. The number of rotatable bonds is 10. The summed E-state index contributed by atoms with van der Waals surface area (Å²) in [5, 5.41) is 14.7. The van der Waals surface area contributed by atoms with E-state index in [2.05, 4.69) is 14.9 Å². The van der Waals surface area contributed by atoms with E-state index in [-0.39, 0.29) is 34.0 Å². The fourth-order valence-electron chi connectivity index (χ4n) is 4.26. The molecule has 0 unspecified atom stereocenters. The van der Waals surface area contributed by atoms with Crippen LogP contribution in [-0.2, 0) is 14.4 Å². The van der Waals surface area contributed by atoms with Gasteiger partial charge in [0.15, 0.2) is 0 Å². The van der Waals surface area contributed by atoms with Gasteiger partial charge in [-0.2, -0.15) is 8.42 Å². The van der Waals surface area contributed by atoms with E-state index in [9.17, 15) is 22.8 Å². The van der Waals surface area contributed by atoms with Gasteiger partial charge in [-0.3, -0.25) is 19.8 Å². The molecule has 0 atom stereocenters. The molecule has 0 saturated carbocycles. The molecule has 0 radical (unpaired) electrons. The van der Waals surface area contributed by atoms with Crippen molar-refractivity contribution in [2.75, 3.05) is 18.1 Å². The lowest BCUT2D eigenvalue weighted by atomic mass is 9.90. The van der Waals surface area contributed by atoms with Crippen LogP contribution in [0, 0.1) is 11.3 Å². The van der Waals surface area contributed by atoms with Gasteiger partial charge >= 0.3 is 0 Å². The van der Waals surface area contributed by atoms with Gasteiger partial charge in [0.1, 0.15) is 5.84 Å². The minimum Gasteiger partial charge on any atom is -0.384 e. The quantitative estimate of drug-likeness (QED) is 0.103. The first-order valence-electron chi connectivity index (χ1n) is 13.2. The Labute approximate surface area is 249 Å². The number of nitrogens with one attached hydrogen (secondary N) is 4. The summed E-state index contributed by atoms with van der Waals surface area (Å²) in [7, 11) is -4.04. The van der Waals surface area contributed by atoms with Crippen LogP contribution in [0.5, 0.6) is 0 Å². The van der Waals surface area contributed by atoms with Crippen LogP contribution in [0.15, 0.2) is 78.9 Å². The van der Waals surface area contributed by atoms with Crippen LogP contribution in [0.2, 0.25) is 0 Å². The topological polar surface area (TPSA) is 181 Å². The molecule has 4 rings (SSSR count). The second kappa shape index (κ2) is 12.8. The molecule has 0 heterocycles. The highest BCUT2D eigenvalue weighted by molar-refractivity contribution is 7.85. The minimum atomic E-state index is -4.04. The molecule has 11 nitrogen and oxygen atoms in total. The number of carbonyl (C=O) groups excluding carboxylic acids is 3. The van der Waals surface area contributed by atoms with Gasteiger partial charge in [0.25, 0.3) is 27.8 Å². The SMILES string of the molecule is CC(C)CNC(=O)c1ccc(-c2cc3ccccc3cc2C(=O)Nc2ccc(C(=N)N)cc2)c(C(=O)NOS(C)(=O)=O)c1. The highest BCUT2D eigenvalue weighted by atomic mass is 32.2. The van der Waals surface area contributed by atoms with Crippen LogP contribution in [0.4, 0.5) is 5.69 Å². The van der Waals surface area contributed by atoms with Crippen LogP contribution in [0.1, 0.15) is 50.5 Å². The predicted octanol–water partition coefficient (Wildman–Crippen LogP) is 4.05. The standard InChI is InChI=1S/C31H31N5O6S/c1-18(2)17-34-29(37)22-10-13-24(26(16-22)31(39)36-42-43(3,40)41)25-14-20-6-4-5-7-21(20)15-27(25)30(38)35-23-11-8-19(9-12-23)28(32)33/h4-16,18H,17H2,1-3H3,(H3,32,33)(H,34,37)(H,35,38)(H,36,39). The first-order valence-corrected chi connectivity index (χ1v) is 15.0. The molecule has 0 aliphatic heterocycles. The molecule has 222 valence electrons. The Bertz CT molecular complexity index is 1840. The molecule has 4 aromatic carbocycles. The second-order valence-electron chi connectivity index (χ2n) is 10.3. The van der Waals surface area contributed by atoms with Crippen molar-refractivity contribution in [3.05, 3.63) is 101 Å². The Morgan fingerprint density at radius 3 is 2.02 bits per heavy atom. The third-order valence-electron chi connectivity index (χ3n) is 6.36. The second-order valence-corrected chi connectivity index (χ2v) is 11.8. The van der Waals surface area contributed by atoms with Gasteiger partial charge in [-0.15, -0.1) is 4.28 Å². The predicted molar refractivity (Wildman–Crippen MR) is 165 cm³/mol. The number of hydrogen-bond donors (Lipinski definition) is 5. The number of nitrogens with two attached hydrogens (primary N) is 1. The van der Waals surface area contributed by atoms with Gasteiger partial charge in [0.2, 0.25) is 0 Å². The Morgan fingerprint density at radius 1 is 0.814 bits per heavy atom. The monoisotopic (exact) mass is 601 g/mol. The molecule has 0 spiro atoms. The van der Waals surface area contributed by atoms with Gasteiger partial charge in [-0.05, 0) is 76.3 Å². The molecule has 0 bridgehead atoms. The highest BCUT2D eigenvalue weighted by Gasteiger charge is 2.23. The van der Waals surface area contributed by atoms with Gasteiger partial charge < -0.3 is 16.4 Å². The number of benzene rings is 4. The summed E-state index contributed by atoms with van der Waals surface area (Å²) in [6.45, 7) is 4.28. The lowest BCUT2D eigenvalue weighted by Gasteiger charge is -2.17. The van der Waals surface area contributed by atoms with Crippen molar-refractivity contribution in [3.63, 3.8) is 0 Å². The molecular formula is C31H31N5O6S. The smallest absolute Gasteiger partial charge is 0.285 e. The first-order chi connectivity index (χ1) is 20.3. The fourth-order valence-corrected chi connectivity index (χ4v) is 4.49. The van der Waals surface area contributed by atoms with E-state index in [1.165, 1.54) is 18.2 Å². The number of hydroxylamine groups is 1. The molecule has 6 N–H and O–H groups in total. The summed E-state index contributed by atoms with van der Waals surface area (Å²) >= 11 is 0. The number of anilines is 1. The van der Waals surface area contributed by atoms with Crippen molar-refractivity contribution in [3.8, 4) is 11.1 Å².